The minimum absolute atomic E-state index is 0.0776. The van der Waals surface area contributed by atoms with E-state index in [1.54, 1.807) is 0 Å². The number of amides is 1. The lowest BCUT2D eigenvalue weighted by Gasteiger charge is -2.26. The topological polar surface area (TPSA) is 94.2 Å². The summed E-state index contributed by atoms with van der Waals surface area (Å²) in [7, 11) is 0. The van der Waals surface area contributed by atoms with Crippen LogP contribution in [-0.2, 0) is 4.79 Å². The summed E-state index contributed by atoms with van der Waals surface area (Å²) in [6.07, 6.45) is 2.14. The van der Waals surface area contributed by atoms with Gasteiger partial charge in [-0.05, 0) is 12.3 Å². The van der Waals surface area contributed by atoms with E-state index in [9.17, 15) is 9.59 Å². The van der Waals surface area contributed by atoms with Gasteiger partial charge in [0.15, 0.2) is 5.69 Å². The van der Waals surface area contributed by atoms with Gasteiger partial charge in [-0.2, -0.15) is 0 Å². The van der Waals surface area contributed by atoms with E-state index in [4.69, 9.17) is 5.11 Å². The summed E-state index contributed by atoms with van der Waals surface area (Å²) in [5.74, 6) is -0.813. The lowest BCUT2D eigenvalue weighted by molar-refractivity contribution is -0.117. The third kappa shape index (κ3) is 2.11. The van der Waals surface area contributed by atoms with Crippen molar-refractivity contribution in [2.24, 2.45) is 5.92 Å². The number of fused-ring (bicyclic) bond motifs is 1. The Morgan fingerprint density at radius 3 is 2.82 bits per heavy atom. The molecule has 0 aliphatic carbocycles. The number of aromatic amines is 1. The summed E-state index contributed by atoms with van der Waals surface area (Å²) in [5.41, 5.74) is 1.03. The molecule has 0 spiro atoms. The largest absolute Gasteiger partial charge is 0.477 e. The van der Waals surface area contributed by atoms with Crippen LogP contribution in [0, 0.1) is 5.92 Å². The minimum atomic E-state index is -1.04. The van der Waals surface area contributed by atoms with Crippen LogP contribution in [0.25, 0.3) is 0 Å². The fourth-order valence-corrected chi connectivity index (χ4v) is 1.94. The van der Waals surface area contributed by atoms with Crippen molar-refractivity contribution in [3.63, 3.8) is 0 Å². The van der Waals surface area contributed by atoms with Gasteiger partial charge in [0.1, 0.15) is 6.04 Å². The van der Waals surface area contributed by atoms with Gasteiger partial charge in [0.25, 0.3) is 0 Å². The number of rotatable bonds is 3. The molecule has 0 unspecified atom stereocenters. The fraction of sp³-hybridized carbons (Fsp3) is 0.455. The molecule has 0 saturated carbocycles. The van der Waals surface area contributed by atoms with Gasteiger partial charge in [0.05, 0.1) is 11.4 Å². The number of anilines is 2. The van der Waals surface area contributed by atoms with Crippen molar-refractivity contribution in [3.8, 4) is 0 Å². The number of nitrogens with one attached hydrogen (secondary N) is 3. The number of H-pyrrole nitrogens is 1. The first-order chi connectivity index (χ1) is 7.99. The molecule has 17 heavy (non-hydrogen) atoms. The average molecular weight is 237 g/mol. The number of hydrogen-bond donors (Lipinski definition) is 4. The van der Waals surface area contributed by atoms with Crippen LogP contribution in [0.15, 0.2) is 6.20 Å². The van der Waals surface area contributed by atoms with Crippen LogP contribution in [-0.4, -0.2) is 28.0 Å². The molecular formula is C11H15N3O3. The lowest BCUT2D eigenvalue weighted by Crippen LogP contribution is -2.39. The molecule has 0 aromatic carbocycles. The molecule has 1 aliphatic heterocycles. The van der Waals surface area contributed by atoms with E-state index in [2.05, 4.69) is 15.6 Å². The summed E-state index contributed by atoms with van der Waals surface area (Å²) in [5, 5.41) is 14.7. The molecule has 0 bridgehead atoms. The smallest absolute Gasteiger partial charge is 0.354 e. The Balaban J connectivity index is 2.28. The zero-order valence-corrected chi connectivity index (χ0v) is 9.70. The molecule has 0 radical (unpaired) electrons. The molecule has 1 atom stereocenters. The highest BCUT2D eigenvalue weighted by Gasteiger charge is 2.30. The minimum Gasteiger partial charge on any atom is -0.477 e. The highest BCUT2D eigenvalue weighted by Crippen LogP contribution is 2.31. The molecule has 2 heterocycles. The third-order valence-corrected chi connectivity index (χ3v) is 2.69. The molecule has 1 amide bonds. The van der Waals surface area contributed by atoms with Crippen molar-refractivity contribution in [2.45, 2.75) is 26.3 Å². The fourth-order valence-electron chi connectivity index (χ4n) is 1.94. The second-order valence-corrected chi connectivity index (χ2v) is 4.57. The van der Waals surface area contributed by atoms with Gasteiger partial charge in [-0.1, -0.05) is 13.8 Å². The Morgan fingerprint density at radius 2 is 2.24 bits per heavy atom. The van der Waals surface area contributed by atoms with E-state index < -0.39 is 5.97 Å². The molecule has 2 rings (SSSR count). The summed E-state index contributed by atoms with van der Waals surface area (Å²) in [4.78, 5) is 25.3. The number of aromatic nitrogens is 1. The van der Waals surface area contributed by atoms with Gasteiger partial charge in [-0.25, -0.2) is 4.79 Å². The predicted octanol–water partition coefficient (Wildman–Crippen LogP) is 1.49. The third-order valence-electron chi connectivity index (χ3n) is 2.69. The Labute approximate surface area is 98.4 Å². The molecule has 0 saturated heterocycles. The summed E-state index contributed by atoms with van der Waals surface area (Å²) < 4.78 is 0. The van der Waals surface area contributed by atoms with E-state index in [0.29, 0.717) is 23.7 Å². The van der Waals surface area contributed by atoms with Gasteiger partial charge >= 0.3 is 5.97 Å². The number of aromatic carboxylic acids is 1. The van der Waals surface area contributed by atoms with Crippen LogP contribution < -0.4 is 10.6 Å². The van der Waals surface area contributed by atoms with Crippen LogP contribution in [0.5, 0.6) is 0 Å². The molecule has 6 heteroatoms. The molecule has 1 aliphatic rings. The first-order valence-electron chi connectivity index (χ1n) is 5.51. The van der Waals surface area contributed by atoms with E-state index in [1.165, 1.54) is 6.20 Å². The van der Waals surface area contributed by atoms with E-state index in [0.717, 1.165) is 0 Å². The van der Waals surface area contributed by atoms with E-state index in [-0.39, 0.29) is 17.6 Å². The van der Waals surface area contributed by atoms with Gasteiger partial charge in [0, 0.05) is 6.20 Å². The van der Waals surface area contributed by atoms with Crippen molar-refractivity contribution in [2.75, 3.05) is 10.6 Å². The monoisotopic (exact) mass is 237 g/mol. The highest BCUT2D eigenvalue weighted by atomic mass is 16.4. The van der Waals surface area contributed by atoms with Crippen LogP contribution in [0.4, 0.5) is 11.4 Å². The molecular weight excluding hydrogens is 222 g/mol. The van der Waals surface area contributed by atoms with Crippen LogP contribution in [0.3, 0.4) is 0 Å². The maximum atomic E-state index is 11.7. The normalized spacial score (nSPS) is 18.5. The highest BCUT2D eigenvalue weighted by molar-refractivity contribution is 6.07. The number of carbonyl (C=O) groups is 2. The van der Waals surface area contributed by atoms with Crippen LogP contribution in [0.1, 0.15) is 30.8 Å². The SMILES string of the molecule is CC(C)C[C@H]1Nc2c(c[nH]c2C(=O)O)NC1=O. The van der Waals surface area contributed by atoms with Crippen molar-refractivity contribution < 1.29 is 14.7 Å². The van der Waals surface area contributed by atoms with Crippen molar-refractivity contribution in [1.29, 1.82) is 0 Å². The van der Waals surface area contributed by atoms with Gasteiger partial charge in [-0.15, -0.1) is 0 Å². The second-order valence-electron chi connectivity index (χ2n) is 4.57. The van der Waals surface area contributed by atoms with Gasteiger partial charge in [-0.3, -0.25) is 4.79 Å². The zero-order valence-electron chi connectivity index (χ0n) is 9.70. The van der Waals surface area contributed by atoms with Gasteiger partial charge in [0.2, 0.25) is 5.91 Å². The Bertz CT molecular complexity index is 465. The van der Waals surface area contributed by atoms with Gasteiger partial charge < -0.3 is 20.7 Å². The Hall–Kier alpha value is -1.98. The Morgan fingerprint density at radius 1 is 1.53 bits per heavy atom. The first-order valence-corrected chi connectivity index (χ1v) is 5.51. The Kier molecular flexibility index (Phi) is 2.79. The van der Waals surface area contributed by atoms with Crippen molar-refractivity contribution >= 4 is 23.3 Å². The van der Waals surface area contributed by atoms with Crippen molar-refractivity contribution in [3.05, 3.63) is 11.9 Å². The number of carbonyl (C=O) groups excluding carboxylic acids is 1. The molecule has 0 fully saturated rings. The number of carboxylic acids is 1. The second kappa shape index (κ2) is 4.12. The zero-order chi connectivity index (χ0) is 12.6. The van der Waals surface area contributed by atoms with E-state index in [1.807, 2.05) is 13.8 Å². The van der Waals surface area contributed by atoms with E-state index >= 15 is 0 Å². The maximum absolute atomic E-state index is 11.7. The summed E-state index contributed by atoms with van der Waals surface area (Å²) in [6.45, 7) is 4.03. The molecule has 92 valence electrons. The molecule has 1 aromatic rings. The number of hydrogen-bond acceptors (Lipinski definition) is 3. The summed E-state index contributed by atoms with van der Waals surface area (Å²) in [6, 6.07) is -0.378. The van der Waals surface area contributed by atoms with Crippen molar-refractivity contribution in [1.82, 2.24) is 4.98 Å². The summed E-state index contributed by atoms with van der Waals surface area (Å²) >= 11 is 0. The lowest BCUT2D eigenvalue weighted by atomic mass is 10.0. The maximum Gasteiger partial charge on any atom is 0.354 e. The van der Waals surface area contributed by atoms with Crippen LogP contribution in [0.2, 0.25) is 0 Å². The molecule has 4 N–H and O–H groups in total. The quantitative estimate of drug-likeness (QED) is 0.640. The molecule has 6 nitrogen and oxygen atoms in total. The van der Waals surface area contributed by atoms with Crippen LogP contribution >= 0.6 is 0 Å². The predicted molar refractivity (Wildman–Crippen MR) is 63.2 cm³/mol. The average Bonchev–Trinajstić information content (AvgIpc) is 2.60. The number of carboxylic acid groups (broad SMARTS) is 1. The standard InChI is InChI=1S/C11H15N3O3/c1-5(2)3-6-10(15)14-7-4-12-9(11(16)17)8(7)13-6/h4-6,12-13H,3H2,1-2H3,(H,14,15)(H,16,17)/t6-/m1/s1. The first kappa shape index (κ1) is 11.5. The molecule has 1 aromatic heterocycles.